The highest BCUT2D eigenvalue weighted by molar-refractivity contribution is 6.47. The number of carbonyl (C=O) groups is 3. The lowest BCUT2D eigenvalue weighted by Crippen LogP contribution is -2.25. The number of aryl methyl sites for hydroxylation is 2. The molecule has 2 rings (SSSR count). The number of carbonyl (C=O) groups excluding carboxylic acids is 3. The molecule has 0 spiro atoms. The van der Waals surface area contributed by atoms with Gasteiger partial charge in [-0.05, 0) is 49.2 Å². The Labute approximate surface area is 134 Å². The topological polar surface area (TPSA) is 72.5 Å². The summed E-state index contributed by atoms with van der Waals surface area (Å²) >= 11 is 0. The van der Waals surface area contributed by atoms with Crippen molar-refractivity contribution in [1.82, 2.24) is 0 Å². The van der Waals surface area contributed by atoms with Crippen molar-refractivity contribution in [3.8, 4) is 0 Å². The summed E-state index contributed by atoms with van der Waals surface area (Å²) < 4.78 is 4.63. The Hall–Kier alpha value is -2.95. The van der Waals surface area contributed by atoms with Crippen molar-refractivity contribution in [1.29, 1.82) is 0 Å². The highest BCUT2D eigenvalue weighted by Crippen LogP contribution is 2.16. The predicted molar refractivity (Wildman–Crippen MR) is 86.7 cm³/mol. The summed E-state index contributed by atoms with van der Waals surface area (Å²) in [6.45, 7) is 3.87. The normalized spacial score (nSPS) is 10.0. The molecule has 0 bridgehead atoms. The van der Waals surface area contributed by atoms with E-state index in [-0.39, 0.29) is 11.1 Å². The molecule has 0 atom stereocenters. The van der Waals surface area contributed by atoms with E-state index in [0.717, 1.165) is 11.1 Å². The zero-order valence-electron chi connectivity index (χ0n) is 13.2. The molecule has 0 aliphatic heterocycles. The van der Waals surface area contributed by atoms with Crippen LogP contribution in [0.3, 0.4) is 0 Å². The zero-order chi connectivity index (χ0) is 17.0. The number of hydrogen-bond donors (Lipinski definition) is 1. The first-order valence-corrected chi connectivity index (χ1v) is 7.04. The van der Waals surface area contributed by atoms with Gasteiger partial charge < -0.3 is 10.1 Å². The molecule has 0 unspecified atom stereocenters. The summed E-state index contributed by atoms with van der Waals surface area (Å²) in [5.74, 6) is -2.25. The quantitative estimate of drug-likeness (QED) is 0.535. The van der Waals surface area contributed by atoms with Gasteiger partial charge in [0.1, 0.15) is 0 Å². The maximum Gasteiger partial charge on any atom is 0.338 e. The third-order valence-corrected chi connectivity index (χ3v) is 3.55. The molecule has 0 radical (unpaired) electrons. The first kappa shape index (κ1) is 16.4. The molecular weight excluding hydrogens is 294 g/mol. The van der Waals surface area contributed by atoms with E-state index in [1.54, 1.807) is 24.3 Å². The number of methoxy groups -OCH3 is 1. The largest absolute Gasteiger partial charge is 0.465 e. The molecule has 23 heavy (non-hydrogen) atoms. The molecule has 0 heterocycles. The Bertz CT molecular complexity index is 780. The molecule has 2 aromatic carbocycles. The molecule has 0 aliphatic carbocycles. The molecule has 2 aromatic rings. The summed E-state index contributed by atoms with van der Waals surface area (Å²) in [7, 11) is 1.22. The van der Waals surface area contributed by atoms with Crippen molar-refractivity contribution in [2.45, 2.75) is 13.8 Å². The third kappa shape index (κ3) is 3.63. The van der Waals surface area contributed by atoms with Crippen molar-refractivity contribution < 1.29 is 19.1 Å². The van der Waals surface area contributed by atoms with Crippen LogP contribution in [0.5, 0.6) is 0 Å². The van der Waals surface area contributed by atoms with Gasteiger partial charge in [-0.15, -0.1) is 0 Å². The number of esters is 1. The van der Waals surface area contributed by atoms with Crippen LogP contribution in [0.1, 0.15) is 31.8 Å². The molecule has 0 saturated heterocycles. The summed E-state index contributed by atoms with van der Waals surface area (Å²) in [4.78, 5) is 36.2. The van der Waals surface area contributed by atoms with Gasteiger partial charge >= 0.3 is 5.97 Å². The molecular formula is C18H17NO4. The van der Waals surface area contributed by atoms with E-state index in [0.29, 0.717) is 5.69 Å². The van der Waals surface area contributed by atoms with Crippen LogP contribution in [0.25, 0.3) is 0 Å². The van der Waals surface area contributed by atoms with E-state index in [1.807, 2.05) is 19.9 Å². The zero-order valence-corrected chi connectivity index (χ0v) is 13.2. The molecule has 5 nitrogen and oxygen atoms in total. The summed E-state index contributed by atoms with van der Waals surface area (Å²) in [6, 6.07) is 11.4. The summed E-state index contributed by atoms with van der Waals surface area (Å²) in [5, 5.41) is 2.55. The van der Waals surface area contributed by atoms with Crippen LogP contribution in [0, 0.1) is 13.8 Å². The number of nitrogens with one attached hydrogen (secondary N) is 1. The van der Waals surface area contributed by atoms with Crippen LogP contribution >= 0.6 is 0 Å². The lowest BCUT2D eigenvalue weighted by Gasteiger charge is -2.09. The van der Waals surface area contributed by atoms with Gasteiger partial charge in [0.15, 0.2) is 0 Å². The minimum atomic E-state index is -0.801. The van der Waals surface area contributed by atoms with E-state index < -0.39 is 17.7 Å². The van der Waals surface area contributed by atoms with Crippen molar-refractivity contribution in [3.05, 3.63) is 64.7 Å². The third-order valence-electron chi connectivity index (χ3n) is 3.55. The van der Waals surface area contributed by atoms with Gasteiger partial charge in [0.05, 0.1) is 12.7 Å². The van der Waals surface area contributed by atoms with E-state index in [9.17, 15) is 14.4 Å². The molecule has 1 amide bonds. The van der Waals surface area contributed by atoms with E-state index in [4.69, 9.17) is 0 Å². The van der Waals surface area contributed by atoms with Crippen LogP contribution in [-0.4, -0.2) is 24.8 Å². The minimum absolute atomic E-state index is 0.0145. The minimum Gasteiger partial charge on any atom is -0.465 e. The lowest BCUT2D eigenvalue weighted by molar-refractivity contribution is -0.112. The highest BCUT2D eigenvalue weighted by Gasteiger charge is 2.22. The van der Waals surface area contributed by atoms with E-state index >= 15 is 0 Å². The second kappa shape index (κ2) is 6.87. The van der Waals surface area contributed by atoms with Crippen LogP contribution in [-0.2, 0) is 9.53 Å². The molecule has 118 valence electrons. The number of ether oxygens (including phenoxy) is 1. The first-order valence-electron chi connectivity index (χ1n) is 7.04. The average Bonchev–Trinajstić information content (AvgIpc) is 2.56. The average molecular weight is 311 g/mol. The van der Waals surface area contributed by atoms with Crippen LogP contribution in [0.15, 0.2) is 42.5 Å². The van der Waals surface area contributed by atoms with Crippen molar-refractivity contribution in [2.24, 2.45) is 0 Å². The number of anilines is 1. The van der Waals surface area contributed by atoms with Crippen molar-refractivity contribution >= 4 is 23.3 Å². The molecule has 0 saturated carbocycles. The van der Waals surface area contributed by atoms with Crippen LogP contribution in [0.2, 0.25) is 0 Å². The van der Waals surface area contributed by atoms with Crippen LogP contribution in [0.4, 0.5) is 5.69 Å². The molecule has 1 N–H and O–H groups in total. The fourth-order valence-electron chi connectivity index (χ4n) is 2.10. The van der Waals surface area contributed by atoms with E-state index in [2.05, 4.69) is 10.1 Å². The van der Waals surface area contributed by atoms with Gasteiger partial charge in [0.25, 0.3) is 11.7 Å². The maximum atomic E-state index is 12.3. The molecule has 0 aromatic heterocycles. The van der Waals surface area contributed by atoms with Gasteiger partial charge in [0.2, 0.25) is 0 Å². The van der Waals surface area contributed by atoms with Gasteiger partial charge in [-0.3, -0.25) is 9.59 Å². The Kier molecular flexibility index (Phi) is 4.91. The highest BCUT2D eigenvalue weighted by atomic mass is 16.5. The van der Waals surface area contributed by atoms with Gasteiger partial charge in [0, 0.05) is 11.3 Å². The fraction of sp³-hybridized carbons (Fsp3) is 0.167. The van der Waals surface area contributed by atoms with Crippen molar-refractivity contribution in [3.63, 3.8) is 0 Å². The van der Waals surface area contributed by atoms with Crippen LogP contribution < -0.4 is 5.32 Å². The Morgan fingerprint density at radius 3 is 2.17 bits per heavy atom. The first-order chi connectivity index (χ1) is 10.9. The molecule has 0 fully saturated rings. The van der Waals surface area contributed by atoms with E-state index in [1.165, 1.54) is 19.2 Å². The number of amides is 1. The maximum absolute atomic E-state index is 12.3. The Balaban J connectivity index is 2.25. The second-order valence-electron chi connectivity index (χ2n) is 5.12. The number of hydrogen-bond acceptors (Lipinski definition) is 4. The molecule has 5 heteroatoms. The number of benzene rings is 2. The smallest absolute Gasteiger partial charge is 0.338 e. The van der Waals surface area contributed by atoms with Gasteiger partial charge in [-0.1, -0.05) is 18.2 Å². The van der Waals surface area contributed by atoms with Gasteiger partial charge in [-0.25, -0.2) is 4.79 Å². The Morgan fingerprint density at radius 2 is 1.57 bits per heavy atom. The number of Topliss-reactive ketones (excluding diaryl/α,β-unsaturated/α-hetero) is 1. The Morgan fingerprint density at radius 1 is 0.913 bits per heavy atom. The summed E-state index contributed by atoms with van der Waals surface area (Å²) in [6.07, 6.45) is 0. The second-order valence-corrected chi connectivity index (χ2v) is 5.12. The standard InChI is InChI=1S/C18H17NO4/c1-11-8-9-13(10-12(11)2)19-17(21)16(20)14-6-4-5-7-15(14)18(22)23-3/h4-10H,1-3H3,(H,19,21). The molecule has 0 aliphatic rings. The number of rotatable bonds is 4. The number of ketones is 1. The monoisotopic (exact) mass is 311 g/mol. The predicted octanol–water partition coefficient (Wildman–Crippen LogP) is 2.91. The summed E-state index contributed by atoms with van der Waals surface area (Å²) in [5.41, 5.74) is 2.70. The fourth-order valence-corrected chi connectivity index (χ4v) is 2.10. The van der Waals surface area contributed by atoms with Crippen molar-refractivity contribution in [2.75, 3.05) is 12.4 Å². The van der Waals surface area contributed by atoms with Gasteiger partial charge in [-0.2, -0.15) is 0 Å². The lowest BCUT2D eigenvalue weighted by atomic mass is 10.0. The SMILES string of the molecule is COC(=O)c1ccccc1C(=O)C(=O)Nc1ccc(C)c(C)c1.